The molecule has 0 radical (unpaired) electrons. The van der Waals surface area contributed by atoms with Gasteiger partial charge in [-0.3, -0.25) is 19.6 Å². The molecule has 0 aliphatic rings. The maximum atomic E-state index is 12.7. The molecule has 1 aromatic carbocycles. The number of carbonyl (C=O) groups excluding carboxylic acids is 1. The summed E-state index contributed by atoms with van der Waals surface area (Å²) in [5.41, 5.74) is 0.656. The van der Waals surface area contributed by atoms with E-state index in [4.69, 9.17) is 4.74 Å². The van der Waals surface area contributed by atoms with E-state index in [0.29, 0.717) is 32.3 Å². The van der Waals surface area contributed by atoms with Crippen LogP contribution in [0, 0.1) is 10.1 Å². The molecule has 1 aromatic rings. The third-order valence-corrected chi connectivity index (χ3v) is 10.1. The number of nitrogens with one attached hydrogen (secondary N) is 1. The van der Waals surface area contributed by atoms with Crippen molar-refractivity contribution < 1.29 is 22.9 Å². The fraction of sp³-hybridized carbons (Fsp3) is 0.683. The van der Waals surface area contributed by atoms with Crippen LogP contribution in [-0.4, -0.2) is 31.7 Å². The number of ether oxygens (including phenoxy) is 1. The molecule has 0 fully saturated rings. The van der Waals surface area contributed by atoms with Crippen LogP contribution in [0.2, 0.25) is 0 Å². The largest absolute Gasteiger partial charge is 0.461 e. The molecule has 0 saturated heterocycles. The second-order valence-electron chi connectivity index (χ2n) is 13.4. The first-order valence-electron chi connectivity index (χ1n) is 19.7. The molecule has 0 aromatic heterocycles. The number of anilines is 1. The molecule has 1 rings (SSSR count). The van der Waals surface area contributed by atoms with E-state index >= 15 is 0 Å². The highest BCUT2D eigenvalue weighted by molar-refractivity contribution is 7.92. The summed E-state index contributed by atoms with van der Waals surface area (Å²) in [5.74, 6) is -0.313. The number of nitrogens with zero attached hydrogens (tertiary/aromatic N) is 1. The Balaban J connectivity index is 2.21. The number of aryl methyl sites for hydroxylation is 1. The number of allylic oxidation sites excluding steroid dienone is 5. The minimum atomic E-state index is -3.72. The average Bonchev–Trinajstić information content (AvgIpc) is 3.09. The number of rotatable bonds is 33. The van der Waals surface area contributed by atoms with Crippen molar-refractivity contribution in [2.24, 2.45) is 0 Å². The minimum absolute atomic E-state index is 0.0145. The maximum Gasteiger partial charge on any atom is 0.306 e. The number of benzene rings is 1. The topological polar surface area (TPSA) is 116 Å². The summed E-state index contributed by atoms with van der Waals surface area (Å²) in [6.45, 7) is 4.73. The van der Waals surface area contributed by atoms with E-state index in [1.165, 1.54) is 82.8 Å². The van der Waals surface area contributed by atoms with Crippen LogP contribution in [-0.2, 0) is 26.0 Å². The van der Waals surface area contributed by atoms with Crippen molar-refractivity contribution in [1.29, 1.82) is 0 Å². The van der Waals surface area contributed by atoms with Crippen LogP contribution in [0.5, 0.6) is 0 Å². The van der Waals surface area contributed by atoms with E-state index in [0.717, 1.165) is 63.4 Å². The second-order valence-corrected chi connectivity index (χ2v) is 15.2. The first kappa shape index (κ1) is 45.1. The van der Waals surface area contributed by atoms with E-state index in [1.807, 2.05) is 6.08 Å². The van der Waals surface area contributed by atoms with Gasteiger partial charge in [0.1, 0.15) is 12.3 Å². The highest BCUT2D eigenvalue weighted by Gasteiger charge is 2.19. The molecule has 0 saturated carbocycles. The van der Waals surface area contributed by atoms with Crippen LogP contribution < -0.4 is 4.72 Å². The van der Waals surface area contributed by atoms with Crippen LogP contribution in [0.1, 0.15) is 167 Å². The molecule has 8 nitrogen and oxygen atoms in total. The minimum Gasteiger partial charge on any atom is -0.461 e. The van der Waals surface area contributed by atoms with Crippen molar-refractivity contribution >= 4 is 27.4 Å². The molecular formula is C41H68N2O6S. The summed E-state index contributed by atoms with van der Waals surface area (Å²) in [6.07, 6.45) is 37.5. The summed E-state index contributed by atoms with van der Waals surface area (Å²) >= 11 is 0. The molecule has 0 amide bonds. The molecule has 0 unspecified atom stereocenters. The van der Waals surface area contributed by atoms with Gasteiger partial charge in [-0.05, 0) is 82.3 Å². The molecular weight excluding hydrogens is 649 g/mol. The molecule has 50 heavy (non-hydrogen) atoms. The molecule has 1 N–H and O–H groups in total. The van der Waals surface area contributed by atoms with Gasteiger partial charge in [0, 0.05) is 12.5 Å². The first-order chi connectivity index (χ1) is 24.3. The lowest BCUT2D eigenvalue weighted by Crippen LogP contribution is -2.17. The quantitative estimate of drug-likeness (QED) is 0.0254. The van der Waals surface area contributed by atoms with E-state index in [-0.39, 0.29) is 23.1 Å². The van der Waals surface area contributed by atoms with Gasteiger partial charge < -0.3 is 4.74 Å². The van der Waals surface area contributed by atoms with Crippen molar-refractivity contribution in [2.75, 3.05) is 17.1 Å². The zero-order valence-electron chi connectivity index (χ0n) is 31.4. The number of nitro groups is 1. The van der Waals surface area contributed by atoms with E-state index < -0.39 is 14.9 Å². The number of hydrogen-bond donors (Lipinski definition) is 1. The van der Waals surface area contributed by atoms with Gasteiger partial charge in [0.15, 0.2) is 0 Å². The Hall–Kier alpha value is -2.94. The fourth-order valence-electron chi connectivity index (χ4n) is 5.69. The lowest BCUT2D eigenvalue weighted by atomic mass is 10.0. The first-order valence-corrected chi connectivity index (χ1v) is 21.3. The maximum absolute atomic E-state index is 12.7. The van der Waals surface area contributed by atoms with Crippen molar-refractivity contribution in [2.45, 2.75) is 168 Å². The van der Waals surface area contributed by atoms with Gasteiger partial charge in [0.05, 0.1) is 10.7 Å². The molecule has 0 aliphatic heterocycles. The van der Waals surface area contributed by atoms with Crippen molar-refractivity contribution in [3.8, 4) is 0 Å². The van der Waals surface area contributed by atoms with Crippen LogP contribution in [0.15, 0.2) is 54.7 Å². The third-order valence-electron chi connectivity index (χ3n) is 8.72. The van der Waals surface area contributed by atoms with Crippen molar-refractivity contribution in [3.05, 3.63) is 70.3 Å². The monoisotopic (exact) mass is 716 g/mol. The van der Waals surface area contributed by atoms with Gasteiger partial charge >= 0.3 is 5.97 Å². The normalized spacial score (nSPS) is 12.0. The Morgan fingerprint density at radius 1 is 0.720 bits per heavy atom. The molecule has 0 bridgehead atoms. The van der Waals surface area contributed by atoms with Gasteiger partial charge in [-0.15, -0.1) is 0 Å². The standard InChI is InChI=1S/C41H68N2O6S/c1-3-5-7-9-11-12-13-14-15-16-17-18-19-20-23-27-31-38-33-34-39(40(37-38)43(45)46)42-50(47,48)36-30-26-22-24-28-32-41(44)49-35-29-25-21-10-8-6-4-2/h11-12,14-15,25,29,33-34,37,42H,3-10,13,16-24,26-28,30-32,35-36H2,1-2H3/b12-11-,15-14-,29-25-. The third kappa shape index (κ3) is 25.9. The Bertz CT molecular complexity index is 1230. The van der Waals surface area contributed by atoms with E-state index in [9.17, 15) is 23.3 Å². The Kier molecular flexibility index (Phi) is 27.8. The van der Waals surface area contributed by atoms with Crippen LogP contribution in [0.3, 0.4) is 0 Å². The smallest absolute Gasteiger partial charge is 0.306 e. The van der Waals surface area contributed by atoms with Gasteiger partial charge in [0.25, 0.3) is 5.69 Å². The summed E-state index contributed by atoms with van der Waals surface area (Å²) in [7, 11) is -3.72. The Labute approximate surface area is 304 Å². The SMILES string of the molecule is CCCCC/C=C\C/C=C\CCCCCCCCc1ccc(NS(=O)(=O)CCCCCCCC(=O)OC/C=C\CCCCCC)c([N+](=O)[O-])c1. The predicted octanol–water partition coefficient (Wildman–Crippen LogP) is 12.1. The highest BCUT2D eigenvalue weighted by Crippen LogP contribution is 2.28. The van der Waals surface area contributed by atoms with Crippen LogP contribution in [0.25, 0.3) is 0 Å². The molecule has 284 valence electrons. The van der Waals surface area contributed by atoms with E-state index in [1.54, 1.807) is 6.07 Å². The highest BCUT2D eigenvalue weighted by atomic mass is 32.2. The summed E-state index contributed by atoms with van der Waals surface area (Å²) in [4.78, 5) is 23.1. The zero-order chi connectivity index (χ0) is 36.5. The number of esters is 1. The molecule has 9 heteroatoms. The molecule has 0 atom stereocenters. The number of hydrogen-bond acceptors (Lipinski definition) is 6. The number of carbonyl (C=O) groups is 1. The number of unbranched alkanes of at least 4 members (excludes halogenated alkanes) is 17. The van der Waals surface area contributed by atoms with Crippen LogP contribution >= 0.6 is 0 Å². The van der Waals surface area contributed by atoms with Crippen molar-refractivity contribution in [1.82, 2.24) is 0 Å². The fourth-order valence-corrected chi connectivity index (χ4v) is 6.88. The molecule has 0 heterocycles. The summed E-state index contributed by atoms with van der Waals surface area (Å²) in [6, 6.07) is 4.80. The van der Waals surface area contributed by atoms with Crippen LogP contribution in [0.4, 0.5) is 11.4 Å². The predicted molar refractivity (Wildman–Crippen MR) is 210 cm³/mol. The average molecular weight is 717 g/mol. The second kappa shape index (κ2) is 30.8. The van der Waals surface area contributed by atoms with Crippen molar-refractivity contribution in [3.63, 3.8) is 0 Å². The van der Waals surface area contributed by atoms with Gasteiger partial charge in [-0.25, -0.2) is 8.42 Å². The number of sulfonamides is 1. The summed E-state index contributed by atoms with van der Waals surface area (Å²) in [5, 5.41) is 11.8. The lowest BCUT2D eigenvalue weighted by molar-refractivity contribution is -0.383. The molecule has 0 spiro atoms. The summed E-state index contributed by atoms with van der Waals surface area (Å²) < 4.78 is 33.0. The lowest BCUT2D eigenvalue weighted by Gasteiger charge is -2.10. The zero-order valence-corrected chi connectivity index (χ0v) is 32.2. The van der Waals surface area contributed by atoms with Gasteiger partial charge in [0.2, 0.25) is 10.0 Å². The van der Waals surface area contributed by atoms with Gasteiger partial charge in [-0.1, -0.05) is 133 Å². The Morgan fingerprint density at radius 2 is 1.26 bits per heavy atom. The Morgan fingerprint density at radius 3 is 1.92 bits per heavy atom. The van der Waals surface area contributed by atoms with E-state index in [2.05, 4.69) is 48.9 Å². The number of nitro benzene ring substituents is 1. The van der Waals surface area contributed by atoms with Gasteiger partial charge in [-0.2, -0.15) is 0 Å². The molecule has 0 aliphatic carbocycles.